The maximum Gasteiger partial charge on any atom is 0.323 e. The summed E-state index contributed by atoms with van der Waals surface area (Å²) < 4.78 is 17.1. The van der Waals surface area contributed by atoms with Crippen LogP contribution in [0.2, 0.25) is 0 Å². The molecule has 304 valence electrons. The summed E-state index contributed by atoms with van der Waals surface area (Å²) in [6, 6.07) is -0.510. The Kier molecular flexibility index (Phi) is 19.9. The standard InChI is InChI=1S/C45H73N3O6/c1-4-5-6-7-8-9-10-11-12-13-14-15-16-17-18-19-21-42(49)52-32-39(34-54-44(51)41(48(2)3)27-40-31-46-35-47-40)33-53-43(50)22-20-23-45-28-36-24-37(29-45)26-38(25-36)30-45/h8-9,11-12,31,35-39,41H,4-7,10,13-30,32-34H2,1-3H3,(H,46,47)/b9-8-,12-11-/t36?,37?,38?,39?,41-,45?/m0/s1. The van der Waals surface area contributed by atoms with E-state index in [1.807, 2.05) is 19.0 Å². The molecule has 9 heteroatoms. The SMILES string of the molecule is CCCCC/C=C\C/C=C\CCCCCCCCC(=O)OCC(COC(=O)CCCC12CC3CC(CC(C3)C1)C2)COC(=O)[C@H](Cc1cnc[nH]1)N(C)C. The highest BCUT2D eigenvalue weighted by atomic mass is 16.6. The number of hydrogen-bond donors (Lipinski definition) is 1. The van der Waals surface area contributed by atoms with E-state index in [1.54, 1.807) is 12.5 Å². The molecule has 4 aliphatic carbocycles. The minimum atomic E-state index is -0.510. The first-order valence-corrected chi connectivity index (χ1v) is 21.7. The van der Waals surface area contributed by atoms with Gasteiger partial charge in [0.1, 0.15) is 25.9 Å². The lowest BCUT2D eigenvalue weighted by atomic mass is 9.48. The van der Waals surface area contributed by atoms with E-state index in [9.17, 15) is 14.4 Å². The van der Waals surface area contributed by atoms with Gasteiger partial charge in [-0.1, -0.05) is 69.8 Å². The second kappa shape index (κ2) is 24.5. The molecule has 0 radical (unpaired) electrons. The molecule has 4 bridgehead atoms. The van der Waals surface area contributed by atoms with E-state index < -0.39 is 12.0 Å². The molecule has 1 heterocycles. The first-order valence-electron chi connectivity index (χ1n) is 21.7. The van der Waals surface area contributed by atoms with E-state index in [2.05, 4.69) is 41.2 Å². The molecule has 1 unspecified atom stereocenters. The van der Waals surface area contributed by atoms with Gasteiger partial charge in [0.2, 0.25) is 0 Å². The van der Waals surface area contributed by atoms with Crippen LogP contribution in [0.5, 0.6) is 0 Å². The van der Waals surface area contributed by atoms with E-state index in [4.69, 9.17) is 14.2 Å². The van der Waals surface area contributed by atoms with Crippen molar-refractivity contribution >= 4 is 17.9 Å². The van der Waals surface area contributed by atoms with E-state index in [0.29, 0.717) is 24.7 Å². The van der Waals surface area contributed by atoms with E-state index >= 15 is 0 Å². The Morgan fingerprint density at radius 3 is 1.91 bits per heavy atom. The van der Waals surface area contributed by atoms with Crippen LogP contribution in [0.3, 0.4) is 0 Å². The number of likely N-dealkylation sites (N-methyl/N-ethyl adjacent to an activating group) is 1. The number of carbonyl (C=O) groups excluding carboxylic acids is 3. The predicted molar refractivity (Wildman–Crippen MR) is 215 cm³/mol. The molecule has 1 aromatic rings. The Morgan fingerprint density at radius 2 is 1.33 bits per heavy atom. The molecule has 9 nitrogen and oxygen atoms in total. The van der Waals surface area contributed by atoms with Gasteiger partial charge in [0.25, 0.3) is 0 Å². The van der Waals surface area contributed by atoms with Crippen molar-refractivity contribution in [1.29, 1.82) is 0 Å². The number of H-pyrrole nitrogens is 1. The maximum atomic E-state index is 13.2. The summed E-state index contributed by atoms with van der Waals surface area (Å²) >= 11 is 0. The number of nitrogens with one attached hydrogen (secondary N) is 1. The van der Waals surface area contributed by atoms with Gasteiger partial charge in [-0.15, -0.1) is 0 Å². The zero-order valence-corrected chi connectivity index (χ0v) is 34.1. The Bertz CT molecular complexity index is 1240. The lowest BCUT2D eigenvalue weighted by Gasteiger charge is -2.57. The van der Waals surface area contributed by atoms with Crippen molar-refractivity contribution in [3.8, 4) is 0 Å². The van der Waals surface area contributed by atoms with Crippen molar-refractivity contribution in [3.05, 3.63) is 42.5 Å². The summed E-state index contributed by atoms with van der Waals surface area (Å²) in [6.07, 6.45) is 37.6. The van der Waals surface area contributed by atoms with Crippen molar-refractivity contribution in [2.45, 2.75) is 161 Å². The molecule has 1 N–H and O–H groups in total. The summed E-state index contributed by atoms with van der Waals surface area (Å²) in [5.41, 5.74) is 1.28. The molecule has 0 amide bonds. The molecule has 4 saturated carbocycles. The molecular formula is C45H73N3O6. The smallest absolute Gasteiger partial charge is 0.323 e. The van der Waals surface area contributed by atoms with Gasteiger partial charge in [-0.3, -0.25) is 19.3 Å². The number of allylic oxidation sites excluding steroid dienone is 4. The fourth-order valence-electron chi connectivity index (χ4n) is 9.55. The number of hydrogen-bond acceptors (Lipinski definition) is 8. The van der Waals surface area contributed by atoms with Gasteiger partial charge in [-0.25, -0.2) is 4.98 Å². The Morgan fingerprint density at radius 1 is 0.778 bits per heavy atom. The van der Waals surface area contributed by atoms with Crippen LogP contribution in [-0.2, 0) is 35.0 Å². The highest BCUT2D eigenvalue weighted by Crippen LogP contribution is 2.61. The molecule has 0 aliphatic heterocycles. The minimum Gasteiger partial charge on any atom is -0.465 e. The topological polar surface area (TPSA) is 111 Å². The van der Waals surface area contributed by atoms with Crippen LogP contribution >= 0.6 is 0 Å². The Labute approximate surface area is 326 Å². The van der Waals surface area contributed by atoms with Gasteiger partial charge in [-0.2, -0.15) is 0 Å². The summed E-state index contributed by atoms with van der Waals surface area (Å²) in [5, 5.41) is 0. The van der Waals surface area contributed by atoms with Crippen LogP contribution in [0, 0.1) is 29.1 Å². The number of carbonyl (C=O) groups is 3. The van der Waals surface area contributed by atoms with Gasteiger partial charge >= 0.3 is 17.9 Å². The quantitative estimate of drug-likeness (QED) is 0.0373. The van der Waals surface area contributed by atoms with Gasteiger partial charge in [0, 0.05) is 31.2 Å². The second-order valence-corrected chi connectivity index (χ2v) is 17.2. The summed E-state index contributed by atoms with van der Waals surface area (Å²) in [7, 11) is 3.67. The lowest BCUT2D eigenvalue weighted by Crippen LogP contribution is -2.45. The Hall–Kier alpha value is -2.94. The minimum absolute atomic E-state index is 0.00488. The van der Waals surface area contributed by atoms with Gasteiger partial charge in [-0.05, 0) is 127 Å². The largest absolute Gasteiger partial charge is 0.465 e. The highest BCUT2D eigenvalue weighted by Gasteiger charge is 2.50. The van der Waals surface area contributed by atoms with E-state index in [0.717, 1.165) is 68.4 Å². The average molecular weight is 752 g/mol. The van der Waals surface area contributed by atoms with E-state index in [-0.39, 0.29) is 37.7 Å². The molecule has 0 aromatic carbocycles. The molecule has 4 aliphatic rings. The number of aromatic amines is 1. The molecule has 54 heavy (non-hydrogen) atoms. The van der Waals surface area contributed by atoms with Crippen molar-refractivity contribution < 1.29 is 28.6 Å². The van der Waals surface area contributed by atoms with Crippen LogP contribution in [0.15, 0.2) is 36.8 Å². The van der Waals surface area contributed by atoms with Crippen molar-refractivity contribution in [2.24, 2.45) is 29.1 Å². The Balaban J connectivity index is 1.12. The molecule has 0 saturated heterocycles. The number of unbranched alkanes of at least 4 members (excludes halogenated alkanes) is 9. The summed E-state index contributed by atoms with van der Waals surface area (Å²) in [4.78, 5) is 47.7. The highest BCUT2D eigenvalue weighted by molar-refractivity contribution is 5.76. The van der Waals surface area contributed by atoms with Gasteiger partial charge in [0.15, 0.2) is 0 Å². The third kappa shape index (κ3) is 16.4. The normalized spacial score (nSPS) is 23.0. The fraction of sp³-hybridized carbons (Fsp3) is 0.778. The number of rotatable bonds is 29. The van der Waals surface area contributed by atoms with Gasteiger partial charge in [0.05, 0.1) is 12.2 Å². The van der Waals surface area contributed by atoms with Gasteiger partial charge < -0.3 is 19.2 Å². The molecule has 4 fully saturated rings. The second-order valence-electron chi connectivity index (χ2n) is 17.2. The summed E-state index contributed by atoms with van der Waals surface area (Å²) in [6.45, 7) is 2.34. The molecule has 1 aromatic heterocycles. The third-order valence-electron chi connectivity index (χ3n) is 12.1. The van der Waals surface area contributed by atoms with Crippen LogP contribution in [0.4, 0.5) is 0 Å². The van der Waals surface area contributed by atoms with Crippen LogP contribution < -0.4 is 0 Å². The molecular weight excluding hydrogens is 679 g/mol. The van der Waals surface area contributed by atoms with Crippen molar-refractivity contribution in [2.75, 3.05) is 33.9 Å². The number of imidazole rings is 1. The predicted octanol–water partition coefficient (Wildman–Crippen LogP) is 9.72. The van der Waals surface area contributed by atoms with E-state index in [1.165, 1.54) is 83.5 Å². The zero-order valence-electron chi connectivity index (χ0n) is 34.1. The fourth-order valence-corrected chi connectivity index (χ4v) is 9.55. The number of esters is 3. The molecule has 2 atom stereocenters. The number of nitrogens with zero attached hydrogens (tertiary/aromatic N) is 2. The van der Waals surface area contributed by atoms with Crippen LogP contribution in [-0.4, -0.2) is 72.7 Å². The van der Waals surface area contributed by atoms with Crippen LogP contribution in [0.1, 0.15) is 154 Å². The first-order chi connectivity index (χ1) is 26.2. The van der Waals surface area contributed by atoms with Crippen LogP contribution in [0.25, 0.3) is 0 Å². The summed E-state index contributed by atoms with van der Waals surface area (Å²) in [5.74, 6) is 1.41. The lowest BCUT2D eigenvalue weighted by molar-refractivity contribution is -0.156. The first kappa shape index (κ1) is 43.8. The maximum absolute atomic E-state index is 13.2. The average Bonchev–Trinajstić information content (AvgIpc) is 3.66. The number of ether oxygens (including phenoxy) is 3. The monoisotopic (exact) mass is 752 g/mol. The zero-order chi connectivity index (χ0) is 38.4. The molecule has 5 rings (SSSR count). The van der Waals surface area contributed by atoms with Crippen molar-refractivity contribution in [3.63, 3.8) is 0 Å². The third-order valence-corrected chi connectivity index (χ3v) is 12.1. The molecule has 0 spiro atoms. The number of aromatic nitrogens is 2. The van der Waals surface area contributed by atoms with Crippen molar-refractivity contribution in [1.82, 2.24) is 14.9 Å².